The second-order valence-corrected chi connectivity index (χ2v) is 6.72. The van der Waals surface area contributed by atoms with Crippen molar-refractivity contribution in [2.75, 3.05) is 0 Å². The average molecular weight is 380 g/mol. The van der Waals surface area contributed by atoms with Crippen LogP contribution in [0, 0.1) is 27.7 Å². The Morgan fingerprint density at radius 2 is 0.773 bits per heavy atom. The maximum absolute atomic E-state index is 10.4. The van der Waals surface area contributed by atoms with E-state index in [2.05, 4.69) is 0 Å². The van der Waals surface area contributed by atoms with E-state index in [1.165, 1.54) is 0 Å². The molecule has 0 aliphatic heterocycles. The molecule has 0 unspecified atom stereocenters. The molecule has 0 amide bonds. The Hall–Kier alpha value is -0.800. The summed E-state index contributed by atoms with van der Waals surface area (Å²) in [7, 11) is 0. The normalized spacial score (nSPS) is 11.1. The molecule has 0 aliphatic rings. The lowest BCUT2D eigenvalue weighted by Crippen LogP contribution is -1.96. The molecule has 0 aliphatic carbocycles. The van der Waals surface area contributed by atoms with Gasteiger partial charge >= 0.3 is 0 Å². The fourth-order valence-electron chi connectivity index (χ4n) is 2.52. The third kappa shape index (κ3) is 2.43. The summed E-state index contributed by atoms with van der Waals surface area (Å²) in [5, 5.41) is 22.0. The van der Waals surface area contributed by atoms with Crippen molar-refractivity contribution in [3.05, 3.63) is 42.3 Å². The number of halogens is 4. The van der Waals surface area contributed by atoms with Gasteiger partial charge in [-0.3, -0.25) is 0 Å². The number of phenolic OH excluding ortho intramolecular Hbond substituents is 2. The standard InChI is InChI=1S/C16H14Cl4O2/c1-5-9(15(21)13(19)7(3)11(5)17)10-6(2)12(18)8(4)14(20)16(10)22/h21-22H,1-4H3. The maximum atomic E-state index is 10.4. The monoisotopic (exact) mass is 378 g/mol. The largest absolute Gasteiger partial charge is 0.506 e. The molecule has 6 heteroatoms. The van der Waals surface area contributed by atoms with Crippen LogP contribution in [0.4, 0.5) is 0 Å². The van der Waals surface area contributed by atoms with Crippen molar-refractivity contribution in [2.45, 2.75) is 27.7 Å². The topological polar surface area (TPSA) is 40.5 Å². The zero-order chi connectivity index (χ0) is 16.9. The smallest absolute Gasteiger partial charge is 0.142 e. The summed E-state index contributed by atoms with van der Waals surface area (Å²) >= 11 is 24.9. The van der Waals surface area contributed by atoms with Crippen molar-refractivity contribution in [1.29, 1.82) is 0 Å². The summed E-state index contributed by atoms with van der Waals surface area (Å²) in [5.41, 5.74) is 3.00. The van der Waals surface area contributed by atoms with Crippen LogP contribution in [0.1, 0.15) is 22.3 Å². The lowest BCUT2D eigenvalue weighted by Gasteiger charge is -2.20. The van der Waals surface area contributed by atoms with Gasteiger partial charge < -0.3 is 10.2 Å². The molecular formula is C16H14Cl4O2. The fourth-order valence-corrected chi connectivity index (χ4v) is 3.37. The molecule has 0 spiro atoms. The number of hydrogen-bond acceptors (Lipinski definition) is 2. The van der Waals surface area contributed by atoms with Crippen molar-refractivity contribution in [3.8, 4) is 22.6 Å². The molecule has 2 aromatic rings. The van der Waals surface area contributed by atoms with E-state index in [1.54, 1.807) is 27.7 Å². The highest BCUT2D eigenvalue weighted by molar-refractivity contribution is 6.39. The van der Waals surface area contributed by atoms with Crippen molar-refractivity contribution in [3.63, 3.8) is 0 Å². The molecule has 0 aromatic heterocycles. The molecule has 0 atom stereocenters. The summed E-state index contributed by atoms with van der Waals surface area (Å²) < 4.78 is 0. The Morgan fingerprint density at radius 3 is 1.05 bits per heavy atom. The van der Waals surface area contributed by atoms with Crippen LogP contribution in [0.25, 0.3) is 11.1 Å². The van der Waals surface area contributed by atoms with E-state index in [9.17, 15) is 10.2 Å². The first-order chi connectivity index (χ1) is 10.1. The van der Waals surface area contributed by atoms with E-state index in [-0.39, 0.29) is 21.5 Å². The molecule has 0 heterocycles. The van der Waals surface area contributed by atoms with Gasteiger partial charge in [0.1, 0.15) is 11.5 Å². The van der Waals surface area contributed by atoms with Gasteiger partial charge in [-0.2, -0.15) is 0 Å². The first-order valence-corrected chi connectivity index (χ1v) is 7.97. The predicted octanol–water partition coefficient (Wildman–Crippen LogP) is 6.61. The van der Waals surface area contributed by atoms with Crippen LogP contribution in [0.2, 0.25) is 20.1 Å². The third-order valence-electron chi connectivity index (χ3n) is 3.86. The van der Waals surface area contributed by atoms with Crippen molar-refractivity contribution >= 4 is 46.4 Å². The van der Waals surface area contributed by atoms with Crippen LogP contribution in [-0.4, -0.2) is 10.2 Å². The summed E-state index contributed by atoms with van der Waals surface area (Å²) in [6.07, 6.45) is 0. The van der Waals surface area contributed by atoms with Crippen LogP contribution in [-0.2, 0) is 0 Å². The van der Waals surface area contributed by atoms with Crippen LogP contribution in [0.3, 0.4) is 0 Å². The molecule has 2 nitrogen and oxygen atoms in total. The van der Waals surface area contributed by atoms with Gasteiger partial charge in [0.2, 0.25) is 0 Å². The first kappa shape index (κ1) is 17.6. The predicted molar refractivity (Wildman–Crippen MR) is 94.2 cm³/mol. The summed E-state index contributed by atoms with van der Waals surface area (Å²) in [4.78, 5) is 0. The number of hydrogen-bond donors (Lipinski definition) is 2. The minimum Gasteiger partial charge on any atom is -0.506 e. The summed E-state index contributed by atoms with van der Waals surface area (Å²) in [6, 6.07) is 0. The average Bonchev–Trinajstić information content (AvgIpc) is 2.50. The highest BCUT2D eigenvalue weighted by atomic mass is 35.5. The molecule has 22 heavy (non-hydrogen) atoms. The molecule has 2 N–H and O–H groups in total. The van der Waals surface area contributed by atoms with E-state index >= 15 is 0 Å². The Kier molecular flexibility index (Phi) is 4.79. The zero-order valence-corrected chi connectivity index (χ0v) is 15.4. The zero-order valence-electron chi connectivity index (χ0n) is 12.4. The minimum atomic E-state index is -0.157. The van der Waals surface area contributed by atoms with E-state index in [0.29, 0.717) is 43.4 Å². The molecule has 2 rings (SSSR count). The van der Waals surface area contributed by atoms with E-state index in [4.69, 9.17) is 46.4 Å². The van der Waals surface area contributed by atoms with Crippen molar-refractivity contribution in [1.82, 2.24) is 0 Å². The molecule has 0 saturated carbocycles. The lowest BCUT2D eigenvalue weighted by molar-refractivity contribution is 0.468. The maximum Gasteiger partial charge on any atom is 0.142 e. The van der Waals surface area contributed by atoms with Gasteiger partial charge in [0.25, 0.3) is 0 Å². The van der Waals surface area contributed by atoms with E-state index in [1.807, 2.05) is 0 Å². The SMILES string of the molecule is Cc1c(Cl)c(C)c(-c2c(C)c(Cl)c(C)c(Cl)c2O)c(O)c1Cl. The molecular weight excluding hydrogens is 366 g/mol. The van der Waals surface area contributed by atoms with E-state index < -0.39 is 0 Å². The Bertz CT molecular complexity index is 672. The molecule has 0 fully saturated rings. The number of rotatable bonds is 1. The second-order valence-electron chi connectivity index (χ2n) is 5.20. The number of phenols is 2. The molecule has 0 radical (unpaired) electrons. The van der Waals surface area contributed by atoms with Crippen molar-refractivity contribution < 1.29 is 10.2 Å². The molecule has 2 aromatic carbocycles. The second kappa shape index (κ2) is 6.01. The van der Waals surface area contributed by atoms with Crippen LogP contribution >= 0.6 is 46.4 Å². The van der Waals surface area contributed by atoms with Crippen LogP contribution < -0.4 is 0 Å². The Labute approximate surface area is 149 Å². The first-order valence-electron chi connectivity index (χ1n) is 6.45. The van der Waals surface area contributed by atoms with Gasteiger partial charge in [0, 0.05) is 21.2 Å². The van der Waals surface area contributed by atoms with Gasteiger partial charge in [0.15, 0.2) is 0 Å². The lowest BCUT2D eigenvalue weighted by atomic mass is 9.92. The molecule has 0 saturated heterocycles. The summed E-state index contributed by atoms with van der Waals surface area (Å²) in [6.45, 7) is 6.90. The highest BCUT2D eigenvalue weighted by Gasteiger charge is 2.25. The summed E-state index contributed by atoms with van der Waals surface area (Å²) in [5.74, 6) is -0.314. The quantitative estimate of drug-likeness (QED) is 0.584. The van der Waals surface area contributed by atoms with Crippen LogP contribution in [0.5, 0.6) is 11.5 Å². The fraction of sp³-hybridized carbons (Fsp3) is 0.250. The molecule has 0 bridgehead atoms. The van der Waals surface area contributed by atoms with Gasteiger partial charge in [-0.25, -0.2) is 0 Å². The van der Waals surface area contributed by atoms with Gasteiger partial charge in [-0.15, -0.1) is 0 Å². The van der Waals surface area contributed by atoms with Gasteiger partial charge in [-0.05, 0) is 49.9 Å². The third-order valence-corrected chi connectivity index (χ3v) is 5.92. The highest BCUT2D eigenvalue weighted by Crippen LogP contribution is 2.51. The Morgan fingerprint density at radius 1 is 0.500 bits per heavy atom. The molecule has 118 valence electrons. The van der Waals surface area contributed by atoms with Crippen molar-refractivity contribution in [2.24, 2.45) is 0 Å². The van der Waals surface area contributed by atoms with Gasteiger partial charge in [-0.1, -0.05) is 46.4 Å². The van der Waals surface area contributed by atoms with Crippen LogP contribution in [0.15, 0.2) is 0 Å². The van der Waals surface area contributed by atoms with Gasteiger partial charge in [0.05, 0.1) is 10.0 Å². The van der Waals surface area contributed by atoms with E-state index in [0.717, 1.165) is 0 Å². The minimum absolute atomic E-state index is 0.136. The Balaban J connectivity index is 3.03. The number of aromatic hydroxyl groups is 2. The number of benzene rings is 2.